The van der Waals surface area contributed by atoms with E-state index in [0.29, 0.717) is 29.1 Å². The quantitative estimate of drug-likeness (QED) is 0.199. The lowest BCUT2D eigenvalue weighted by Gasteiger charge is -2.29. The molecule has 0 heterocycles. The number of carbonyl (C=O) groups is 1. The minimum absolute atomic E-state index is 0.353. The van der Waals surface area contributed by atoms with Gasteiger partial charge in [0.15, 0.2) is 10.5 Å². The lowest BCUT2D eigenvalue weighted by molar-refractivity contribution is -0.325. The summed E-state index contributed by atoms with van der Waals surface area (Å²) in [7, 11) is 3.62. The zero-order valence-electron chi connectivity index (χ0n) is 11.1. The van der Waals surface area contributed by atoms with Crippen molar-refractivity contribution in [1.29, 1.82) is 0 Å². The highest BCUT2D eigenvalue weighted by molar-refractivity contribution is 5.98. The molecule has 0 spiro atoms. The van der Waals surface area contributed by atoms with Gasteiger partial charge in [-0.2, -0.15) is 0 Å². The van der Waals surface area contributed by atoms with E-state index < -0.39 is 5.97 Å². The van der Waals surface area contributed by atoms with Gasteiger partial charge in [0.1, 0.15) is 0 Å². The van der Waals surface area contributed by atoms with Gasteiger partial charge in [-0.15, -0.1) is 0 Å². The number of methoxy groups -OCH3 is 2. The van der Waals surface area contributed by atoms with Crippen molar-refractivity contribution in [2.75, 3.05) is 20.8 Å². The Balaban J connectivity index is 3.76. The second-order valence-electron chi connectivity index (χ2n) is 3.67. The van der Waals surface area contributed by atoms with Gasteiger partial charge >= 0.3 is 5.97 Å². The SMILES string of the molecule is C=C(C)C(=O)OCCCCC(OC)(OC)O[SiH3]. The van der Waals surface area contributed by atoms with E-state index in [1.807, 2.05) is 0 Å². The summed E-state index contributed by atoms with van der Waals surface area (Å²) in [4.78, 5) is 11.1. The third-order valence-corrected chi connectivity index (χ3v) is 3.01. The predicted octanol–water partition coefficient (Wildman–Crippen LogP) is 0.520. The Bertz CT molecular complexity index is 242. The third-order valence-electron chi connectivity index (χ3n) is 2.39. The fourth-order valence-corrected chi connectivity index (χ4v) is 1.83. The Morgan fingerprint density at radius 3 is 2.29 bits per heavy atom. The summed E-state index contributed by atoms with van der Waals surface area (Å²) in [6, 6.07) is 0. The van der Waals surface area contributed by atoms with E-state index in [9.17, 15) is 4.79 Å². The van der Waals surface area contributed by atoms with Crippen molar-refractivity contribution in [3.05, 3.63) is 12.2 Å². The van der Waals surface area contributed by atoms with E-state index in [4.69, 9.17) is 18.6 Å². The van der Waals surface area contributed by atoms with E-state index in [1.54, 1.807) is 21.1 Å². The van der Waals surface area contributed by atoms with E-state index >= 15 is 0 Å². The number of unbranched alkanes of at least 4 members (excludes halogenated alkanes) is 1. The van der Waals surface area contributed by atoms with Crippen LogP contribution in [0.3, 0.4) is 0 Å². The zero-order chi connectivity index (χ0) is 13.3. The summed E-state index contributed by atoms with van der Waals surface area (Å²) in [5.74, 6) is -1.29. The van der Waals surface area contributed by atoms with Gasteiger partial charge in [-0.3, -0.25) is 0 Å². The first-order valence-corrected chi connectivity index (χ1v) is 6.31. The molecule has 0 saturated carbocycles. The lowest BCUT2D eigenvalue weighted by atomic mass is 10.2. The van der Waals surface area contributed by atoms with Gasteiger partial charge < -0.3 is 18.6 Å². The Morgan fingerprint density at radius 2 is 1.88 bits per heavy atom. The van der Waals surface area contributed by atoms with E-state index in [0.717, 1.165) is 12.8 Å². The smallest absolute Gasteiger partial charge is 0.333 e. The van der Waals surface area contributed by atoms with Gasteiger partial charge in [0.05, 0.1) is 6.61 Å². The molecule has 0 aliphatic rings. The Hall–Kier alpha value is -0.693. The maximum Gasteiger partial charge on any atom is 0.333 e. The van der Waals surface area contributed by atoms with Gasteiger partial charge in [0, 0.05) is 26.2 Å². The molecule has 0 aliphatic carbocycles. The van der Waals surface area contributed by atoms with Crippen LogP contribution >= 0.6 is 0 Å². The van der Waals surface area contributed by atoms with Crippen LogP contribution in [-0.4, -0.2) is 43.3 Å². The molecule has 0 atom stereocenters. The highest BCUT2D eigenvalue weighted by atomic mass is 28.2. The van der Waals surface area contributed by atoms with Crippen molar-refractivity contribution in [3.63, 3.8) is 0 Å². The van der Waals surface area contributed by atoms with E-state index in [-0.39, 0.29) is 5.97 Å². The molecule has 0 aliphatic heterocycles. The van der Waals surface area contributed by atoms with Gasteiger partial charge in [0.25, 0.3) is 5.97 Å². The first-order valence-electron chi connectivity index (χ1n) is 5.49. The Morgan fingerprint density at radius 1 is 1.29 bits per heavy atom. The van der Waals surface area contributed by atoms with Gasteiger partial charge in [-0.05, 0) is 19.8 Å². The van der Waals surface area contributed by atoms with E-state index in [2.05, 4.69) is 6.58 Å². The van der Waals surface area contributed by atoms with Crippen molar-refractivity contribution in [1.82, 2.24) is 0 Å². The Labute approximate surface area is 106 Å². The van der Waals surface area contributed by atoms with Crippen molar-refractivity contribution >= 4 is 16.5 Å². The maximum atomic E-state index is 11.1. The monoisotopic (exact) mass is 262 g/mol. The molecule has 0 saturated heterocycles. The fraction of sp³-hybridized carbons (Fsp3) is 0.727. The van der Waals surface area contributed by atoms with Crippen LogP contribution in [0, 0.1) is 0 Å². The van der Waals surface area contributed by atoms with Gasteiger partial charge in [0.2, 0.25) is 0 Å². The fourth-order valence-electron chi connectivity index (χ4n) is 1.29. The average Bonchev–Trinajstić information content (AvgIpc) is 2.34. The summed E-state index contributed by atoms with van der Waals surface area (Å²) in [6.45, 7) is 5.50. The molecule has 17 heavy (non-hydrogen) atoms. The lowest BCUT2D eigenvalue weighted by Crippen LogP contribution is -2.36. The number of hydrogen-bond acceptors (Lipinski definition) is 5. The molecular formula is C11H22O5Si. The van der Waals surface area contributed by atoms with Crippen LogP contribution in [0.25, 0.3) is 0 Å². The van der Waals surface area contributed by atoms with Crippen LogP contribution in [0.1, 0.15) is 26.2 Å². The molecule has 6 heteroatoms. The third kappa shape index (κ3) is 5.97. The van der Waals surface area contributed by atoms with Crippen molar-refractivity contribution in [2.24, 2.45) is 0 Å². The summed E-state index contributed by atoms with van der Waals surface area (Å²) >= 11 is 0. The molecule has 0 aromatic rings. The summed E-state index contributed by atoms with van der Waals surface area (Å²) < 4.78 is 20.6. The second kappa shape index (κ2) is 8.41. The largest absolute Gasteiger partial charge is 0.462 e. The normalized spacial score (nSPS) is 11.5. The van der Waals surface area contributed by atoms with Crippen LogP contribution in [0.5, 0.6) is 0 Å². The van der Waals surface area contributed by atoms with Crippen molar-refractivity contribution < 1.29 is 23.4 Å². The number of carbonyl (C=O) groups excluding carboxylic acids is 1. The van der Waals surface area contributed by atoms with Crippen molar-refractivity contribution in [2.45, 2.75) is 32.2 Å². The second-order valence-corrected chi connectivity index (χ2v) is 4.08. The van der Waals surface area contributed by atoms with E-state index in [1.165, 1.54) is 0 Å². The van der Waals surface area contributed by atoms with Crippen LogP contribution in [0.2, 0.25) is 0 Å². The highest BCUT2D eigenvalue weighted by Crippen LogP contribution is 2.19. The molecule has 5 nitrogen and oxygen atoms in total. The van der Waals surface area contributed by atoms with Crippen LogP contribution in [0.4, 0.5) is 0 Å². The van der Waals surface area contributed by atoms with Crippen LogP contribution in [0.15, 0.2) is 12.2 Å². The minimum atomic E-state index is -0.940. The molecule has 0 fully saturated rings. The average molecular weight is 262 g/mol. The Kier molecular flexibility index (Phi) is 8.06. The zero-order valence-corrected chi connectivity index (χ0v) is 13.1. The molecule has 0 aromatic carbocycles. The summed E-state index contributed by atoms with van der Waals surface area (Å²) in [5, 5.41) is 0. The summed E-state index contributed by atoms with van der Waals surface area (Å²) in [5.41, 5.74) is 0.413. The van der Waals surface area contributed by atoms with Crippen LogP contribution < -0.4 is 0 Å². The highest BCUT2D eigenvalue weighted by Gasteiger charge is 2.27. The molecule has 100 valence electrons. The maximum absolute atomic E-state index is 11.1. The predicted molar refractivity (Wildman–Crippen MR) is 67.4 cm³/mol. The molecule has 0 amide bonds. The molecule has 0 N–H and O–H groups in total. The molecular weight excluding hydrogens is 240 g/mol. The minimum Gasteiger partial charge on any atom is -0.462 e. The number of rotatable bonds is 9. The molecule has 0 unspecified atom stereocenters. The summed E-state index contributed by atoms with van der Waals surface area (Å²) in [6.07, 6.45) is 2.12. The number of hydrogen-bond donors (Lipinski definition) is 0. The standard InChI is InChI=1S/C11H22O5Si/c1-9(2)10(12)15-8-6-5-7-11(13-3,14-4)16-17/h1,5-8H2,2-4,17H3. The molecule has 0 aromatic heterocycles. The van der Waals surface area contributed by atoms with Crippen molar-refractivity contribution in [3.8, 4) is 0 Å². The number of esters is 1. The van der Waals surface area contributed by atoms with Crippen LogP contribution in [-0.2, 0) is 23.4 Å². The molecule has 0 rings (SSSR count). The molecule has 0 radical (unpaired) electrons. The molecule has 0 bridgehead atoms. The first-order chi connectivity index (χ1) is 8.01. The van der Waals surface area contributed by atoms with Gasteiger partial charge in [-0.25, -0.2) is 4.79 Å². The number of ether oxygens (including phenoxy) is 3. The topological polar surface area (TPSA) is 54.0 Å². The first kappa shape index (κ1) is 16.3. The van der Waals surface area contributed by atoms with Gasteiger partial charge in [-0.1, -0.05) is 6.58 Å².